The standard InChI is InChI=1S/C14H23N3O3/c1-2-6-11-13(19)17(14(20)16-11)9-12(18)15-10-7-4-3-5-8-10/h10-11H,2-9H2,1H3,(H,15,18)(H,16,20). The van der Waals surface area contributed by atoms with Crippen LogP contribution < -0.4 is 10.6 Å². The molecule has 112 valence electrons. The number of nitrogens with one attached hydrogen (secondary N) is 2. The van der Waals surface area contributed by atoms with Gasteiger partial charge >= 0.3 is 6.03 Å². The molecule has 1 unspecified atom stereocenters. The van der Waals surface area contributed by atoms with Crippen molar-refractivity contribution < 1.29 is 14.4 Å². The minimum Gasteiger partial charge on any atom is -0.352 e. The molecule has 1 heterocycles. The third-order valence-corrected chi connectivity index (χ3v) is 3.96. The fourth-order valence-corrected chi connectivity index (χ4v) is 2.87. The highest BCUT2D eigenvalue weighted by Gasteiger charge is 2.38. The summed E-state index contributed by atoms with van der Waals surface area (Å²) >= 11 is 0. The Morgan fingerprint density at radius 1 is 1.30 bits per heavy atom. The summed E-state index contributed by atoms with van der Waals surface area (Å²) < 4.78 is 0. The topological polar surface area (TPSA) is 78.5 Å². The van der Waals surface area contributed by atoms with Gasteiger partial charge in [-0.15, -0.1) is 0 Å². The second kappa shape index (κ2) is 6.72. The van der Waals surface area contributed by atoms with Crippen LogP contribution in [0.2, 0.25) is 0 Å². The van der Waals surface area contributed by atoms with Gasteiger partial charge in [0.2, 0.25) is 5.91 Å². The van der Waals surface area contributed by atoms with Crippen LogP contribution in [0.1, 0.15) is 51.9 Å². The first-order valence-corrected chi connectivity index (χ1v) is 7.53. The lowest BCUT2D eigenvalue weighted by molar-refractivity contribution is -0.132. The molecule has 0 radical (unpaired) electrons. The Bertz CT molecular complexity index is 391. The fourth-order valence-electron chi connectivity index (χ4n) is 2.87. The second-order valence-electron chi connectivity index (χ2n) is 5.62. The first kappa shape index (κ1) is 14.8. The molecule has 1 atom stereocenters. The van der Waals surface area contributed by atoms with Gasteiger partial charge in [-0.2, -0.15) is 0 Å². The summed E-state index contributed by atoms with van der Waals surface area (Å²) in [4.78, 5) is 36.7. The van der Waals surface area contributed by atoms with E-state index in [1.54, 1.807) is 0 Å². The molecule has 0 aromatic carbocycles. The van der Waals surface area contributed by atoms with E-state index in [1.807, 2.05) is 6.92 Å². The van der Waals surface area contributed by atoms with Crippen LogP contribution in [0.5, 0.6) is 0 Å². The van der Waals surface area contributed by atoms with Crippen LogP contribution in [0.15, 0.2) is 0 Å². The smallest absolute Gasteiger partial charge is 0.325 e. The average molecular weight is 281 g/mol. The summed E-state index contributed by atoms with van der Waals surface area (Å²) in [6.45, 7) is 1.79. The van der Waals surface area contributed by atoms with Crippen LogP contribution >= 0.6 is 0 Å². The molecule has 6 nitrogen and oxygen atoms in total. The van der Waals surface area contributed by atoms with Gasteiger partial charge in [0.05, 0.1) is 0 Å². The van der Waals surface area contributed by atoms with Crippen LogP contribution in [0.3, 0.4) is 0 Å². The van der Waals surface area contributed by atoms with Crippen LogP contribution in [-0.4, -0.2) is 41.4 Å². The largest absolute Gasteiger partial charge is 0.352 e. The SMILES string of the molecule is CCCC1NC(=O)N(CC(=O)NC2CCCCC2)C1=O. The molecule has 1 aliphatic carbocycles. The molecule has 4 amide bonds. The quantitative estimate of drug-likeness (QED) is 0.742. The van der Waals surface area contributed by atoms with E-state index < -0.39 is 12.1 Å². The zero-order valence-electron chi connectivity index (χ0n) is 12.0. The molecular formula is C14H23N3O3. The van der Waals surface area contributed by atoms with Gasteiger partial charge in [-0.25, -0.2) is 4.79 Å². The minimum absolute atomic E-state index is 0.165. The average Bonchev–Trinajstić information content (AvgIpc) is 2.68. The number of hydrogen-bond donors (Lipinski definition) is 2. The molecule has 2 N–H and O–H groups in total. The number of rotatable bonds is 5. The lowest BCUT2D eigenvalue weighted by atomic mass is 9.95. The third kappa shape index (κ3) is 3.49. The van der Waals surface area contributed by atoms with E-state index in [0.29, 0.717) is 6.42 Å². The molecule has 2 aliphatic rings. The van der Waals surface area contributed by atoms with Crippen molar-refractivity contribution in [2.45, 2.75) is 64.0 Å². The Morgan fingerprint density at radius 3 is 2.65 bits per heavy atom. The maximum Gasteiger partial charge on any atom is 0.325 e. The van der Waals surface area contributed by atoms with Gasteiger partial charge in [-0.3, -0.25) is 14.5 Å². The normalized spacial score (nSPS) is 23.9. The van der Waals surface area contributed by atoms with Gasteiger partial charge in [0.25, 0.3) is 5.91 Å². The molecule has 1 saturated heterocycles. The molecule has 0 aromatic heterocycles. The van der Waals surface area contributed by atoms with Crippen LogP contribution in [0, 0.1) is 0 Å². The molecule has 2 fully saturated rings. The van der Waals surface area contributed by atoms with Gasteiger partial charge in [0.1, 0.15) is 12.6 Å². The summed E-state index contributed by atoms with van der Waals surface area (Å²) in [6, 6.07) is -0.717. The van der Waals surface area contributed by atoms with Crippen molar-refractivity contribution in [3.63, 3.8) is 0 Å². The number of carbonyl (C=O) groups is 3. The van der Waals surface area contributed by atoms with Gasteiger partial charge in [-0.1, -0.05) is 32.6 Å². The minimum atomic E-state index is -0.463. The van der Waals surface area contributed by atoms with Crippen molar-refractivity contribution in [1.29, 1.82) is 0 Å². The van der Waals surface area contributed by atoms with E-state index in [0.717, 1.165) is 37.0 Å². The predicted octanol–water partition coefficient (Wildman–Crippen LogP) is 1.16. The highest BCUT2D eigenvalue weighted by molar-refractivity contribution is 6.06. The summed E-state index contributed by atoms with van der Waals surface area (Å²) in [5.74, 6) is -0.520. The van der Waals surface area contributed by atoms with Crippen LogP contribution in [-0.2, 0) is 9.59 Å². The number of imide groups is 1. The molecule has 20 heavy (non-hydrogen) atoms. The molecule has 2 rings (SSSR count). The van der Waals surface area contributed by atoms with Crippen molar-refractivity contribution in [3.8, 4) is 0 Å². The lowest BCUT2D eigenvalue weighted by Gasteiger charge is -2.23. The zero-order valence-corrected chi connectivity index (χ0v) is 12.0. The zero-order chi connectivity index (χ0) is 14.5. The van der Waals surface area contributed by atoms with Crippen LogP contribution in [0.25, 0.3) is 0 Å². The van der Waals surface area contributed by atoms with Gasteiger partial charge in [0, 0.05) is 6.04 Å². The van der Waals surface area contributed by atoms with E-state index in [1.165, 1.54) is 6.42 Å². The maximum atomic E-state index is 12.0. The molecule has 0 bridgehead atoms. The van der Waals surface area contributed by atoms with Crippen molar-refractivity contribution in [3.05, 3.63) is 0 Å². The number of hydrogen-bond acceptors (Lipinski definition) is 3. The van der Waals surface area contributed by atoms with Crippen molar-refractivity contribution in [1.82, 2.24) is 15.5 Å². The van der Waals surface area contributed by atoms with Gasteiger partial charge in [0.15, 0.2) is 0 Å². The van der Waals surface area contributed by atoms with E-state index in [2.05, 4.69) is 10.6 Å². The molecule has 1 saturated carbocycles. The predicted molar refractivity (Wildman–Crippen MR) is 74.0 cm³/mol. The lowest BCUT2D eigenvalue weighted by Crippen LogP contribution is -2.45. The third-order valence-electron chi connectivity index (χ3n) is 3.96. The number of nitrogens with zero attached hydrogens (tertiary/aromatic N) is 1. The van der Waals surface area contributed by atoms with Crippen molar-refractivity contribution >= 4 is 17.8 Å². The van der Waals surface area contributed by atoms with E-state index in [-0.39, 0.29) is 24.4 Å². The highest BCUT2D eigenvalue weighted by atomic mass is 16.2. The Labute approximate surface area is 119 Å². The first-order valence-electron chi connectivity index (χ1n) is 7.53. The van der Waals surface area contributed by atoms with Crippen molar-refractivity contribution in [2.75, 3.05) is 6.54 Å². The summed E-state index contributed by atoms with van der Waals surface area (Å²) in [5.41, 5.74) is 0. The Balaban J connectivity index is 1.84. The maximum absolute atomic E-state index is 12.0. The van der Waals surface area contributed by atoms with E-state index in [9.17, 15) is 14.4 Å². The molecule has 0 spiro atoms. The fraction of sp³-hybridized carbons (Fsp3) is 0.786. The highest BCUT2D eigenvalue weighted by Crippen LogP contribution is 2.17. The first-order chi connectivity index (χ1) is 9.61. The monoisotopic (exact) mass is 281 g/mol. The second-order valence-corrected chi connectivity index (χ2v) is 5.62. The molecule has 1 aliphatic heterocycles. The Kier molecular flexibility index (Phi) is 4.98. The van der Waals surface area contributed by atoms with E-state index >= 15 is 0 Å². The Hall–Kier alpha value is -1.59. The molecule has 6 heteroatoms. The van der Waals surface area contributed by atoms with Crippen LogP contribution in [0.4, 0.5) is 4.79 Å². The number of amides is 4. The molecule has 0 aromatic rings. The Morgan fingerprint density at radius 2 is 2.00 bits per heavy atom. The number of urea groups is 1. The van der Waals surface area contributed by atoms with E-state index in [4.69, 9.17) is 0 Å². The van der Waals surface area contributed by atoms with Crippen molar-refractivity contribution in [2.24, 2.45) is 0 Å². The number of carbonyl (C=O) groups excluding carboxylic acids is 3. The summed E-state index contributed by atoms with van der Waals surface area (Å²) in [5, 5.41) is 5.54. The molecular weight excluding hydrogens is 258 g/mol. The van der Waals surface area contributed by atoms with Gasteiger partial charge < -0.3 is 10.6 Å². The summed E-state index contributed by atoms with van der Waals surface area (Å²) in [7, 11) is 0. The summed E-state index contributed by atoms with van der Waals surface area (Å²) in [6.07, 6.45) is 6.90. The van der Waals surface area contributed by atoms with Gasteiger partial charge in [-0.05, 0) is 19.3 Å².